The number of H-pyrrole nitrogens is 4. The van der Waals surface area contributed by atoms with Crippen molar-refractivity contribution in [1.82, 2.24) is 78.1 Å². The van der Waals surface area contributed by atoms with Gasteiger partial charge in [0.2, 0.25) is 0 Å². The van der Waals surface area contributed by atoms with E-state index in [9.17, 15) is 19.2 Å². The molecule has 4 fully saturated rings. The molecule has 0 amide bonds. The number of hydrogen-bond donors (Lipinski definition) is 8. The second-order valence-corrected chi connectivity index (χ2v) is 20.3. The summed E-state index contributed by atoms with van der Waals surface area (Å²) in [4.78, 5) is 88.8. The third-order valence-electron chi connectivity index (χ3n) is 11.2. The molecule has 12 rings (SSSR count). The van der Waals surface area contributed by atoms with Crippen LogP contribution >= 0.6 is 47.0 Å². The minimum absolute atomic E-state index is 0. The quantitative estimate of drug-likeness (QED) is 0.0732. The van der Waals surface area contributed by atoms with Crippen LogP contribution in [-0.2, 0) is 18.9 Å². The van der Waals surface area contributed by atoms with Crippen LogP contribution in [0.3, 0.4) is 0 Å². The van der Waals surface area contributed by atoms with E-state index in [0.29, 0.717) is 44.7 Å². The van der Waals surface area contributed by atoms with Crippen LogP contribution in [0.1, 0.15) is 24.9 Å². The first kappa shape index (κ1) is 58.6. The highest BCUT2D eigenvalue weighted by atomic mass is 32.2. The number of aliphatic hydroxyl groups excluding tert-OH is 4. The second kappa shape index (κ2) is 27.4. The molecule has 0 radical (unpaired) electrons. The van der Waals surface area contributed by atoms with Gasteiger partial charge in [0.05, 0.1) is 101 Å². The van der Waals surface area contributed by atoms with Crippen LogP contribution in [0.15, 0.2) is 69.8 Å². The summed E-state index contributed by atoms with van der Waals surface area (Å²) in [5, 5.41) is 36.5. The smallest absolute Gasteiger partial charge is 0.278 e. The van der Waals surface area contributed by atoms with Gasteiger partial charge in [-0.3, -0.25) is 37.4 Å². The number of imidazole rings is 4. The Bertz CT molecular complexity index is 2880. The molecule has 4 aliphatic heterocycles. The highest BCUT2D eigenvalue weighted by Crippen LogP contribution is 2.30. The van der Waals surface area contributed by atoms with E-state index in [0.717, 1.165) is 46.0 Å². The van der Waals surface area contributed by atoms with Crippen LogP contribution in [0, 0.1) is 0 Å². The minimum atomic E-state index is -0.263. The Hall–Kier alpha value is -5.64. The average molecular weight is 1130 g/mol. The lowest BCUT2D eigenvalue weighted by Gasteiger charge is -2.29. The Labute approximate surface area is 437 Å². The van der Waals surface area contributed by atoms with E-state index in [-0.39, 0.29) is 114 Å². The number of rotatable bonds is 8. The SMILES string of the molecule is O.O.O.O=c1[nH]cnc2c1ncn2[C@H]1CSC[C@@H](CO)O1.O=c1[nH]cnc2c1ncn2[C@H]1CSC[C@@H](CO)O1.O=c1[nH]cnc2c1ncn2[C@H]1CSC[C@@H](CO)O1.O=c1[nH]cnc2c1ncn2[C@H]1CSC[C@@H](CO)O1. The van der Waals surface area contributed by atoms with Crippen molar-refractivity contribution in [2.75, 3.05) is 72.5 Å². The Morgan fingerprint density at radius 1 is 0.387 bits per heavy atom. The summed E-state index contributed by atoms with van der Waals surface area (Å²) in [6, 6.07) is 0. The van der Waals surface area contributed by atoms with Crippen LogP contribution in [0.2, 0.25) is 0 Å². The van der Waals surface area contributed by atoms with Crippen LogP contribution in [-0.4, -0.2) is 212 Å². The number of thioether (sulfide) groups is 4. The topological polar surface area (TPSA) is 467 Å². The van der Waals surface area contributed by atoms with Crippen molar-refractivity contribution in [3.8, 4) is 0 Å². The molecule has 0 bridgehead atoms. The van der Waals surface area contributed by atoms with E-state index in [2.05, 4.69) is 59.8 Å². The molecule has 35 heteroatoms. The largest absolute Gasteiger partial charge is 0.412 e. The minimum Gasteiger partial charge on any atom is -0.412 e. The van der Waals surface area contributed by atoms with Crippen molar-refractivity contribution in [2.24, 2.45) is 0 Å². The van der Waals surface area contributed by atoms with Gasteiger partial charge in [-0.2, -0.15) is 47.0 Å². The second-order valence-electron chi connectivity index (χ2n) is 16.0. The Morgan fingerprint density at radius 3 is 0.800 bits per heavy atom. The number of nitrogens with zero attached hydrogens (tertiary/aromatic N) is 12. The summed E-state index contributed by atoms with van der Waals surface area (Å²) in [6.07, 6.45) is 9.87. The molecule has 0 saturated carbocycles. The van der Waals surface area contributed by atoms with Crippen molar-refractivity contribution in [2.45, 2.75) is 49.3 Å². The van der Waals surface area contributed by atoms with Crippen LogP contribution in [0.5, 0.6) is 0 Å². The number of fused-ring (bicyclic) bond motifs is 4. The van der Waals surface area contributed by atoms with Crippen LogP contribution in [0.4, 0.5) is 0 Å². The zero-order valence-electron chi connectivity index (χ0n) is 39.3. The van der Waals surface area contributed by atoms with Crippen LogP contribution < -0.4 is 22.2 Å². The van der Waals surface area contributed by atoms with Gasteiger partial charge in [0, 0.05) is 46.0 Å². The molecule has 14 N–H and O–H groups in total. The predicted octanol–water partition coefficient (Wildman–Crippen LogP) is -3.50. The maximum Gasteiger partial charge on any atom is 0.278 e. The molecule has 8 atom stereocenters. The van der Waals surface area contributed by atoms with Crippen molar-refractivity contribution in [3.05, 3.63) is 92.0 Å². The maximum atomic E-state index is 11.5. The first-order valence-electron chi connectivity index (χ1n) is 22.1. The summed E-state index contributed by atoms with van der Waals surface area (Å²) in [5.74, 6) is 6.07. The van der Waals surface area contributed by atoms with Gasteiger partial charge in [-0.15, -0.1) is 0 Å². The van der Waals surface area contributed by atoms with Crippen LogP contribution in [0.25, 0.3) is 44.7 Å². The van der Waals surface area contributed by atoms with E-state index < -0.39 is 0 Å². The fraction of sp³-hybridized carbons (Fsp3) is 0.500. The van der Waals surface area contributed by atoms with Crippen molar-refractivity contribution in [1.29, 1.82) is 0 Å². The maximum absolute atomic E-state index is 11.5. The molecule has 31 nitrogen and oxygen atoms in total. The van der Waals surface area contributed by atoms with Crippen molar-refractivity contribution >= 4 is 91.7 Å². The fourth-order valence-electron chi connectivity index (χ4n) is 7.67. The summed E-state index contributed by atoms with van der Waals surface area (Å²) >= 11 is 6.80. The molecule has 0 aromatic carbocycles. The number of aromatic nitrogens is 16. The molecular weight excluding hydrogens is 1070 g/mol. The average Bonchev–Trinajstić information content (AvgIpc) is 4.26. The van der Waals surface area contributed by atoms with Gasteiger partial charge in [0.25, 0.3) is 22.2 Å². The van der Waals surface area contributed by atoms with Gasteiger partial charge in [-0.05, 0) is 0 Å². The molecule has 12 heterocycles. The van der Waals surface area contributed by atoms with Gasteiger partial charge in [-0.1, -0.05) is 0 Å². The third kappa shape index (κ3) is 13.3. The molecule has 4 aliphatic rings. The Kier molecular flexibility index (Phi) is 21.4. The van der Waals surface area contributed by atoms with Crippen molar-refractivity contribution in [3.63, 3.8) is 0 Å². The molecule has 75 heavy (non-hydrogen) atoms. The molecule has 0 aliphatic carbocycles. The predicted molar refractivity (Wildman–Crippen MR) is 277 cm³/mol. The fourth-order valence-corrected chi connectivity index (χ4v) is 11.8. The molecule has 8 aromatic rings. The molecular formula is C40H54N16O15S4. The lowest BCUT2D eigenvalue weighted by molar-refractivity contribution is -0.0549. The first-order valence-corrected chi connectivity index (χ1v) is 26.8. The van der Waals surface area contributed by atoms with Gasteiger partial charge in [-0.25, -0.2) is 39.9 Å². The van der Waals surface area contributed by atoms with E-state index in [1.54, 1.807) is 90.6 Å². The number of nitrogens with one attached hydrogen (secondary N) is 4. The van der Waals surface area contributed by atoms with Gasteiger partial charge >= 0.3 is 0 Å². The zero-order chi connectivity index (χ0) is 50.1. The molecule has 4 saturated heterocycles. The molecule has 8 aromatic heterocycles. The van der Waals surface area contributed by atoms with Gasteiger partial charge in [0.15, 0.2) is 44.7 Å². The summed E-state index contributed by atoms with van der Waals surface area (Å²) in [6.45, 7) is -0.0391. The Morgan fingerprint density at radius 2 is 0.600 bits per heavy atom. The summed E-state index contributed by atoms with van der Waals surface area (Å²) in [7, 11) is 0. The molecule has 408 valence electrons. The number of ether oxygens (including phenoxy) is 4. The normalized spacial score (nSPS) is 23.5. The van der Waals surface area contributed by atoms with E-state index in [1.807, 2.05) is 0 Å². The monoisotopic (exact) mass is 1130 g/mol. The van der Waals surface area contributed by atoms with E-state index in [1.165, 1.54) is 25.3 Å². The van der Waals surface area contributed by atoms with Crippen molar-refractivity contribution < 1.29 is 55.8 Å². The lowest BCUT2D eigenvalue weighted by Crippen LogP contribution is -2.32. The summed E-state index contributed by atoms with van der Waals surface area (Å²) < 4.78 is 29.9. The van der Waals surface area contributed by atoms with Gasteiger partial charge < -0.3 is 75.7 Å². The first-order chi connectivity index (χ1) is 35.2. The lowest BCUT2D eigenvalue weighted by atomic mass is 10.4. The molecule has 0 unspecified atom stereocenters. The molecule has 0 spiro atoms. The highest BCUT2D eigenvalue weighted by Gasteiger charge is 2.29. The Balaban J connectivity index is 0.000000160. The standard InChI is InChI=1S/4C10H12N4O3S.3H2O/c4*15-1-6-2-18-3-7(17-6)14-5-13-8-9(14)11-4-12-10(8)16;;;/h4*4-7,15H,1-3H2,(H,11,12,16);3*1H2/t4*6-,7-;;;/m1111.../s1. The number of hydrogen-bond acceptors (Lipinski definition) is 24. The van der Waals surface area contributed by atoms with E-state index in [4.69, 9.17) is 39.4 Å². The van der Waals surface area contributed by atoms with E-state index >= 15 is 0 Å². The van der Waals surface area contributed by atoms with Gasteiger partial charge in [0.1, 0.15) is 24.9 Å². The number of aliphatic hydroxyl groups is 4. The third-order valence-corrected chi connectivity index (χ3v) is 15.7. The highest BCUT2D eigenvalue weighted by molar-refractivity contribution is 8.00. The zero-order valence-corrected chi connectivity index (χ0v) is 42.5. The number of aromatic amines is 4. The summed E-state index contributed by atoms with van der Waals surface area (Å²) in [5.41, 5.74) is 2.17.